The molecule has 0 aliphatic carbocycles. The van der Waals surface area contributed by atoms with Gasteiger partial charge in [-0.2, -0.15) is 5.10 Å². The molecule has 2 aromatic carbocycles. The van der Waals surface area contributed by atoms with E-state index in [4.69, 9.17) is 9.15 Å². The van der Waals surface area contributed by atoms with E-state index in [-0.39, 0.29) is 12.5 Å². The van der Waals surface area contributed by atoms with Gasteiger partial charge in [0.1, 0.15) is 5.75 Å². The van der Waals surface area contributed by atoms with Crippen molar-refractivity contribution in [1.82, 2.24) is 10.4 Å². The number of furan rings is 1. The second kappa shape index (κ2) is 8.06. The summed E-state index contributed by atoms with van der Waals surface area (Å²) < 4.78 is 11.0. The molecule has 146 valence electrons. The molecule has 0 atom stereocenters. The van der Waals surface area contributed by atoms with Crippen LogP contribution in [0.15, 0.2) is 70.7 Å². The molecule has 6 heteroatoms. The Morgan fingerprint density at radius 3 is 2.97 bits per heavy atom. The van der Waals surface area contributed by atoms with Crippen LogP contribution in [0, 0.1) is 13.8 Å². The number of ether oxygens (including phenoxy) is 1. The van der Waals surface area contributed by atoms with Gasteiger partial charge in [-0.1, -0.05) is 18.2 Å². The van der Waals surface area contributed by atoms with Gasteiger partial charge in [-0.15, -0.1) is 0 Å². The number of nitrogens with zero attached hydrogens (tertiary/aromatic N) is 1. The molecule has 0 saturated heterocycles. The van der Waals surface area contributed by atoms with E-state index in [0.29, 0.717) is 5.75 Å². The standard InChI is InChI=1S/C23H21N3O3/c1-15-10-16(2)23(20(11-15)18-7-9-28-13-18)29-14-22(27)26-25-12-17-4-3-5-21-19(17)6-8-24-21/h3-13,24H,14H2,1-2H3,(H,26,27)/b25-12+. The van der Waals surface area contributed by atoms with Crippen LogP contribution in [-0.2, 0) is 4.79 Å². The molecule has 0 aliphatic rings. The Hall–Kier alpha value is -3.80. The Balaban J connectivity index is 1.43. The monoisotopic (exact) mass is 387 g/mol. The molecule has 0 saturated carbocycles. The molecule has 2 N–H and O–H groups in total. The van der Waals surface area contributed by atoms with Gasteiger partial charge in [0.2, 0.25) is 0 Å². The fourth-order valence-corrected chi connectivity index (χ4v) is 3.34. The van der Waals surface area contributed by atoms with Gasteiger partial charge in [-0.3, -0.25) is 4.79 Å². The highest BCUT2D eigenvalue weighted by atomic mass is 16.5. The number of hydrazone groups is 1. The topological polar surface area (TPSA) is 79.6 Å². The van der Waals surface area contributed by atoms with Crippen LogP contribution < -0.4 is 10.2 Å². The largest absolute Gasteiger partial charge is 0.483 e. The number of benzene rings is 2. The van der Waals surface area contributed by atoms with E-state index in [0.717, 1.165) is 38.7 Å². The molecule has 1 amide bonds. The number of nitrogens with one attached hydrogen (secondary N) is 2. The highest BCUT2D eigenvalue weighted by Crippen LogP contribution is 2.34. The summed E-state index contributed by atoms with van der Waals surface area (Å²) in [5.41, 5.74) is 8.32. The Morgan fingerprint density at radius 1 is 1.24 bits per heavy atom. The number of rotatable bonds is 6. The maximum atomic E-state index is 12.2. The highest BCUT2D eigenvalue weighted by molar-refractivity contribution is 5.98. The minimum absolute atomic E-state index is 0.138. The van der Waals surface area contributed by atoms with Crippen LogP contribution >= 0.6 is 0 Å². The second-order valence-corrected chi connectivity index (χ2v) is 6.84. The van der Waals surface area contributed by atoms with Gasteiger partial charge in [0, 0.05) is 33.8 Å². The summed E-state index contributed by atoms with van der Waals surface area (Å²) in [6.07, 6.45) is 6.77. The van der Waals surface area contributed by atoms with E-state index in [9.17, 15) is 4.79 Å². The minimum atomic E-state index is -0.333. The fourth-order valence-electron chi connectivity index (χ4n) is 3.34. The average molecular weight is 387 g/mol. The SMILES string of the molecule is Cc1cc(C)c(OCC(=O)N/N=C/c2cccc3[nH]ccc23)c(-c2ccoc2)c1. The number of aromatic nitrogens is 1. The van der Waals surface area contributed by atoms with Crippen LogP contribution in [0.3, 0.4) is 0 Å². The molecule has 4 rings (SSSR count). The second-order valence-electron chi connectivity index (χ2n) is 6.84. The Morgan fingerprint density at radius 2 is 2.14 bits per heavy atom. The van der Waals surface area contributed by atoms with E-state index >= 15 is 0 Å². The van der Waals surface area contributed by atoms with E-state index in [1.54, 1.807) is 18.7 Å². The normalized spacial score (nSPS) is 11.2. The summed E-state index contributed by atoms with van der Waals surface area (Å²) >= 11 is 0. The fraction of sp³-hybridized carbons (Fsp3) is 0.130. The quantitative estimate of drug-likeness (QED) is 0.376. The van der Waals surface area contributed by atoms with Gasteiger partial charge in [0.25, 0.3) is 5.91 Å². The van der Waals surface area contributed by atoms with E-state index in [1.807, 2.05) is 62.5 Å². The number of aromatic amines is 1. The summed E-state index contributed by atoms with van der Waals surface area (Å²) in [5.74, 6) is 0.328. The molecule has 0 bridgehead atoms. The zero-order valence-electron chi connectivity index (χ0n) is 16.2. The van der Waals surface area contributed by atoms with Crippen molar-refractivity contribution in [3.63, 3.8) is 0 Å². The van der Waals surface area contributed by atoms with Gasteiger partial charge in [-0.05, 0) is 49.2 Å². The third-order valence-electron chi connectivity index (χ3n) is 4.62. The molecule has 0 aliphatic heterocycles. The molecular formula is C23H21N3O3. The predicted molar refractivity (Wildman–Crippen MR) is 113 cm³/mol. The number of fused-ring (bicyclic) bond motifs is 1. The Bertz CT molecular complexity index is 1170. The van der Waals surface area contributed by atoms with Crippen molar-refractivity contribution >= 4 is 23.0 Å². The smallest absolute Gasteiger partial charge is 0.277 e. The maximum Gasteiger partial charge on any atom is 0.277 e. The molecule has 0 fully saturated rings. The zero-order chi connectivity index (χ0) is 20.2. The number of amides is 1. The number of carbonyl (C=O) groups excluding carboxylic acids is 1. The lowest BCUT2D eigenvalue weighted by Gasteiger charge is -2.14. The van der Waals surface area contributed by atoms with Gasteiger partial charge >= 0.3 is 0 Å². The van der Waals surface area contributed by atoms with Crippen LogP contribution in [0.25, 0.3) is 22.0 Å². The molecule has 2 heterocycles. The van der Waals surface area contributed by atoms with Crippen LogP contribution in [-0.4, -0.2) is 23.7 Å². The third kappa shape index (κ3) is 4.06. The number of hydrogen-bond acceptors (Lipinski definition) is 4. The molecule has 0 spiro atoms. The summed E-state index contributed by atoms with van der Waals surface area (Å²) in [4.78, 5) is 15.4. The first kappa shape index (κ1) is 18.6. The first-order valence-electron chi connectivity index (χ1n) is 9.26. The predicted octanol–water partition coefficient (Wildman–Crippen LogP) is 4.57. The average Bonchev–Trinajstić information content (AvgIpc) is 3.39. The highest BCUT2D eigenvalue weighted by Gasteiger charge is 2.13. The Labute approximate surface area is 168 Å². The first-order valence-corrected chi connectivity index (χ1v) is 9.26. The molecule has 0 radical (unpaired) electrons. The minimum Gasteiger partial charge on any atom is -0.483 e. The van der Waals surface area contributed by atoms with Gasteiger partial charge in [0.15, 0.2) is 6.61 Å². The Kier molecular flexibility index (Phi) is 5.16. The van der Waals surface area contributed by atoms with Crippen molar-refractivity contribution in [3.05, 3.63) is 77.9 Å². The van der Waals surface area contributed by atoms with E-state index in [1.165, 1.54) is 0 Å². The van der Waals surface area contributed by atoms with Crippen LogP contribution in [0.5, 0.6) is 5.75 Å². The van der Waals surface area contributed by atoms with E-state index < -0.39 is 0 Å². The number of carbonyl (C=O) groups is 1. The first-order chi connectivity index (χ1) is 14.1. The van der Waals surface area contributed by atoms with Crippen LogP contribution in [0.4, 0.5) is 0 Å². The summed E-state index contributed by atoms with van der Waals surface area (Å²) in [6, 6.07) is 13.7. The molecule has 2 aromatic heterocycles. The van der Waals surface area contributed by atoms with Crippen molar-refractivity contribution in [1.29, 1.82) is 0 Å². The summed E-state index contributed by atoms with van der Waals surface area (Å²) in [7, 11) is 0. The van der Waals surface area contributed by atoms with Gasteiger partial charge < -0.3 is 14.1 Å². The van der Waals surface area contributed by atoms with Crippen molar-refractivity contribution in [2.24, 2.45) is 5.10 Å². The summed E-state index contributed by atoms with van der Waals surface area (Å²) in [6.45, 7) is 3.84. The number of aryl methyl sites for hydroxylation is 2. The molecule has 0 unspecified atom stereocenters. The molecule has 6 nitrogen and oxygen atoms in total. The number of H-pyrrole nitrogens is 1. The van der Waals surface area contributed by atoms with Crippen molar-refractivity contribution < 1.29 is 13.9 Å². The van der Waals surface area contributed by atoms with Gasteiger partial charge in [0.05, 0.1) is 18.7 Å². The van der Waals surface area contributed by atoms with Gasteiger partial charge in [-0.25, -0.2) is 5.43 Å². The van der Waals surface area contributed by atoms with E-state index in [2.05, 4.69) is 15.5 Å². The maximum absolute atomic E-state index is 12.2. The lowest BCUT2D eigenvalue weighted by atomic mass is 10.0. The van der Waals surface area contributed by atoms with Crippen molar-refractivity contribution in [2.45, 2.75) is 13.8 Å². The molecule has 29 heavy (non-hydrogen) atoms. The zero-order valence-corrected chi connectivity index (χ0v) is 16.2. The van der Waals surface area contributed by atoms with Crippen molar-refractivity contribution in [3.8, 4) is 16.9 Å². The van der Waals surface area contributed by atoms with Crippen LogP contribution in [0.2, 0.25) is 0 Å². The summed E-state index contributed by atoms with van der Waals surface area (Å²) in [5, 5.41) is 5.10. The van der Waals surface area contributed by atoms with Crippen LogP contribution in [0.1, 0.15) is 16.7 Å². The van der Waals surface area contributed by atoms with Crippen molar-refractivity contribution in [2.75, 3.05) is 6.61 Å². The lowest BCUT2D eigenvalue weighted by molar-refractivity contribution is -0.123. The number of hydrogen-bond donors (Lipinski definition) is 2. The molecular weight excluding hydrogens is 366 g/mol. The third-order valence-corrected chi connectivity index (χ3v) is 4.62. The lowest BCUT2D eigenvalue weighted by Crippen LogP contribution is -2.25. The molecule has 4 aromatic rings.